The Morgan fingerprint density at radius 1 is 1.62 bits per heavy atom. The number of aliphatic hydroxyl groups is 1. The summed E-state index contributed by atoms with van der Waals surface area (Å²) >= 11 is 1.42. The van der Waals surface area contributed by atoms with Crippen molar-refractivity contribution in [2.24, 2.45) is 0 Å². The predicted molar refractivity (Wildman–Crippen MR) is 85.5 cm³/mol. The first-order valence-corrected chi connectivity index (χ1v) is 8.18. The number of thiophene rings is 1. The third kappa shape index (κ3) is 4.31. The zero-order valence-corrected chi connectivity index (χ0v) is 13.4. The van der Waals surface area contributed by atoms with Gasteiger partial charge in [-0.2, -0.15) is 0 Å². The van der Waals surface area contributed by atoms with E-state index in [9.17, 15) is 4.79 Å². The van der Waals surface area contributed by atoms with Crippen molar-refractivity contribution in [1.29, 1.82) is 0 Å². The van der Waals surface area contributed by atoms with E-state index >= 15 is 0 Å². The van der Waals surface area contributed by atoms with Crippen molar-refractivity contribution in [3.8, 4) is 11.8 Å². The van der Waals surface area contributed by atoms with Crippen LogP contribution >= 0.6 is 11.3 Å². The number of hydrogen-bond donors (Lipinski definition) is 2. The van der Waals surface area contributed by atoms with Crippen LogP contribution in [-0.4, -0.2) is 48.2 Å². The van der Waals surface area contributed by atoms with Gasteiger partial charge in [0, 0.05) is 30.6 Å². The van der Waals surface area contributed by atoms with Crippen LogP contribution in [0.2, 0.25) is 0 Å². The number of nitrogens with one attached hydrogen (secondary N) is 1. The number of piperidine rings is 1. The van der Waals surface area contributed by atoms with Crippen LogP contribution < -0.4 is 5.32 Å². The first-order valence-electron chi connectivity index (χ1n) is 7.30. The fourth-order valence-corrected chi connectivity index (χ4v) is 3.22. The molecule has 0 spiro atoms. The van der Waals surface area contributed by atoms with E-state index in [0.717, 1.165) is 24.9 Å². The normalized spacial score (nSPS) is 22.4. The summed E-state index contributed by atoms with van der Waals surface area (Å²) < 4.78 is 0. The van der Waals surface area contributed by atoms with Gasteiger partial charge < -0.3 is 15.3 Å². The van der Waals surface area contributed by atoms with Gasteiger partial charge in [0.2, 0.25) is 0 Å². The Bertz CT molecular complexity index is 544. The van der Waals surface area contributed by atoms with E-state index in [2.05, 4.69) is 36.0 Å². The Kier molecular flexibility index (Phi) is 5.80. The minimum Gasteiger partial charge on any atom is -0.395 e. The number of carbonyl (C=O) groups is 1. The van der Waals surface area contributed by atoms with Gasteiger partial charge in [-0.3, -0.25) is 4.79 Å². The molecular formula is C16H22N2O2S. The van der Waals surface area contributed by atoms with Gasteiger partial charge in [-0.15, -0.1) is 11.3 Å². The fraction of sp³-hybridized carbons (Fsp3) is 0.562. The highest BCUT2D eigenvalue weighted by atomic mass is 32.1. The molecular weight excluding hydrogens is 284 g/mol. The first kappa shape index (κ1) is 16.0. The summed E-state index contributed by atoms with van der Waals surface area (Å²) in [4.78, 5) is 15.4. The SMILES string of the molecule is CC1CC(NC(=O)c2sccc2C#CCCO)CCN1C. The molecule has 2 heterocycles. The first-order chi connectivity index (χ1) is 10.1. The molecule has 1 amide bonds. The fourth-order valence-electron chi connectivity index (χ4n) is 2.47. The Morgan fingerprint density at radius 3 is 3.14 bits per heavy atom. The number of aliphatic hydroxyl groups excluding tert-OH is 1. The van der Waals surface area contributed by atoms with E-state index in [1.54, 1.807) is 0 Å². The zero-order chi connectivity index (χ0) is 15.2. The number of carbonyl (C=O) groups excluding carboxylic acids is 1. The number of likely N-dealkylation sites (tertiary alicyclic amines) is 1. The maximum atomic E-state index is 12.4. The Balaban J connectivity index is 1.98. The van der Waals surface area contributed by atoms with Crippen LogP contribution in [0.1, 0.15) is 41.4 Å². The number of rotatable bonds is 3. The van der Waals surface area contributed by atoms with Crippen molar-refractivity contribution in [1.82, 2.24) is 10.2 Å². The predicted octanol–water partition coefficient (Wildman–Crippen LogP) is 1.69. The Labute approximate surface area is 130 Å². The molecule has 5 heteroatoms. The number of amides is 1. The van der Waals surface area contributed by atoms with Crippen LogP contribution in [-0.2, 0) is 0 Å². The van der Waals surface area contributed by atoms with Crippen LogP contribution in [0.3, 0.4) is 0 Å². The summed E-state index contributed by atoms with van der Waals surface area (Å²) in [5.41, 5.74) is 0.756. The van der Waals surface area contributed by atoms with Gasteiger partial charge in [-0.05, 0) is 38.3 Å². The third-order valence-electron chi connectivity index (χ3n) is 3.87. The van der Waals surface area contributed by atoms with E-state index in [1.807, 2.05) is 11.4 Å². The second-order valence-corrected chi connectivity index (χ2v) is 6.38. The summed E-state index contributed by atoms with van der Waals surface area (Å²) in [7, 11) is 2.12. The molecule has 1 fully saturated rings. The van der Waals surface area contributed by atoms with Crippen molar-refractivity contribution < 1.29 is 9.90 Å². The van der Waals surface area contributed by atoms with Crippen LogP contribution in [0.4, 0.5) is 0 Å². The second kappa shape index (κ2) is 7.60. The Hall–Kier alpha value is -1.35. The summed E-state index contributed by atoms with van der Waals surface area (Å²) in [5.74, 6) is 5.80. The molecule has 0 bridgehead atoms. The van der Waals surface area contributed by atoms with Gasteiger partial charge >= 0.3 is 0 Å². The van der Waals surface area contributed by atoms with Gasteiger partial charge in [0.15, 0.2) is 0 Å². The van der Waals surface area contributed by atoms with Gasteiger partial charge in [-0.25, -0.2) is 0 Å². The zero-order valence-electron chi connectivity index (χ0n) is 12.6. The molecule has 0 aliphatic carbocycles. The highest BCUT2D eigenvalue weighted by molar-refractivity contribution is 7.12. The lowest BCUT2D eigenvalue weighted by Crippen LogP contribution is -2.47. The highest BCUT2D eigenvalue weighted by Gasteiger charge is 2.25. The maximum Gasteiger partial charge on any atom is 0.262 e. The minimum atomic E-state index is -0.0277. The van der Waals surface area contributed by atoms with E-state index in [0.29, 0.717) is 17.3 Å². The van der Waals surface area contributed by atoms with Crippen molar-refractivity contribution >= 4 is 17.2 Å². The number of hydrogen-bond acceptors (Lipinski definition) is 4. The molecule has 0 aromatic carbocycles. The van der Waals surface area contributed by atoms with Crippen LogP contribution in [0.5, 0.6) is 0 Å². The molecule has 2 N–H and O–H groups in total. The molecule has 2 rings (SSSR count). The largest absolute Gasteiger partial charge is 0.395 e. The smallest absolute Gasteiger partial charge is 0.262 e. The molecule has 4 nitrogen and oxygen atoms in total. The van der Waals surface area contributed by atoms with Crippen molar-refractivity contribution in [2.45, 2.75) is 38.3 Å². The quantitative estimate of drug-likeness (QED) is 0.836. The Morgan fingerprint density at radius 2 is 2.43 bits per heavy atom. The lowest BCUT2D eigenvalue weighted by Gasteiger charge is -2.35. The highest BCUT2D eigenvalue weighted by Crippen LogP contribution is 2.19. The van der Waals surface area contributed by atoms with Gasteiger partial charge in [0.1, 0.15) is 4.88 Å². The minimum absolute atomic E-state index is 0.0277. The van der Waals surface area contributed by atoms with Gasteiger partial charge in [-0.1, -0.05) is 11.8 Å². The van der Waals surface area contributed by atoms with Crippen LogP contribution in [0.25, 0.3) is 0 Å². The lowest BCUT2D eigenvalue weighted by atomic mass is 9.99. The van der Waals surface area contributed by atoms with Crippen molar-refractivity contribution in [3.63, 3.8) is 0 Å². The third-order valence-corrected chi connectivity index (χ3v) is 4.79. The standard InChI is InChI=1S/C16H22N2O2S/c1-12-11-14(6-8-18(12)2)17-16(20)15-13(7-10-21-15)5-3-4-9-19/h7,10,12,14,19H,4,6,8-9,11H2,1-2H3,(H,17,20). The summed E-state index contributed by atoms with van der Waals surface area (Å²) in [6.07, 6.45) is 2.41. The average Bonchev–Trinajstić information content (AvgIpc) is 2.92. The molecule has 1 aromatic heterocycles. The van der Waals surface area contributed by atoms with Crippen LogP contribution in [0.15, 0.2) is 11.4 Å². The lowest BCUT2D eigenvalue weighted by molar-refractivity contribution is 0.0900. The molecule has 2 unspecified atom stereocenters. The monoisotopic (exact) mass is 306 g/mol. The molecule has 1 aromatic rings. The maximum absolute atomic E-state index is 12.4. The topological polar surface area (TPSA) is 52.6 Å². The molecule has 1 aliphatic heterocycles. The molecule has 0 saturated carbocycles. The van der Waals surface area contributed by atoms with Gasteiger partial charge in [0.25, 0.3) is 5.91 Å². The molecule has 0 radical (unpaired) electrons. The summed E-state index contributed by atoms with van der Waals surface area (Å²) in [6.45, 7) is 3.25. The van der Waals surface area contributed by atoms with E-state index in [1.165, 1.54) is 11.3 Å². The van der Waals surface area contributed by atoms with Crippen molar-refractivity contribution in [2.75, 3.05) is 20.2 Å². The molecule has 1 aliphatic rings. The molecule has 21 heavy (non-hydrogen) atoms. The van der Waals surface area contributed by atoms with Gasteiger partial charge in [0.05, 0.1) is 6.61 Å². The molecule has 114 valence electrons. The van der Waals surface area contributed by atoms with E-state index in [-0.39, 0.29) is 18.6 Å². The molecule has 2 atom stereocenters. The summed E-state index contributed by atoms with van der Waals surface area (Å²) in [6, 6.07) is 2.60. The molecule has 1 saturated heterocycles. The summed E-state index contributed by atoms with van der Waals surface area (Å²) in [5, 5.41) is 13.8. The van der Waals surface area contributed by atoms with E-state index in [4.69, 9.17) is 5.11 Å². The average molecular weight is 306 g/mol. The van der Waals surface area contributed by atoms with Crippen molar-refractivity contribution in [3.05, 3.63) is 21.9 Å². The van der Waals surface area contributed by atoms with E-state index < -0.39 is 0 Å². The second-order valence-electron chi connectivity index (χ2n) is 5.46. The number of nitrogens with zero attached hydrogens (tertiary/aromatic N) is 1. The van der Waals surface area contributed by atoms with Crippen LogP contribution in [0, 0.1) is 11.8 Å².